The molecule has 1 aromatic rings. The van der Waals surface area contributed by atoms with Crippen LogP contribution < -0.4 is 10.5 Å². The van der Waals surface area contributed by atoms with Crippen molar-refractivity contribution in [2.75, 3.05) is 7.11 Å². The zero-order valence-electron chi connectivity index (χ0n) is 10.6. The Bertz CT molecular complexity index is 405. The molecule has 1 fully saturated rings. The van der Waals surface area contributed by atoms with Crippen molar-refractivity contribution >= 4 is 0 Å². The van der Waals surface area contributed by atoms with Crippen LogP contribution in [0, 0.1) is 11.7 Å². The fourth-order valence-corrected chi connectivity index (χ4v) is 2.78. The quantitative estimate of drug-likeness (QED) is 0.866. The smallest absolute Gasteiger partial charge is 0.131 e. The second-order valence-electron chi connectivity index (χ2n) is 4.92. The van der Waals surface area contributed by atoms with Gasteiger partial charge in [0.05, 0.1) is 19.3 Å². The Balaban J connectivity index is 2.24. The Kier molecular flexibility index (Phi) is 4.19. The molecule has 100 valence electrons. The number of methoxy groups -OCH3 is 1. The predicted molar refractivity (Wildman–Crippen MR) is 67.8 cm³/mol. The van der Waals surface area contributed by atoms with E-state index < -0.39 is 18.0 Å². The molecule has 1 saturated carbocycles. The number of halogens is 1. The average molecular weight is 253 g/mol. The van der Waals surface area contributed by atoms with Gasteiger partial charge in [-0.2, -0.15) is 0 Å². The molecule has 3 nitrogen and oxygen atoms in total. The highest BCUT2D eigenvalue weighted by Gasteiger charge is 2.31. The Morgan fingerprint density at radius 2 is 2.06 bits per heavy atom. The van der Waals surface area contributed by atoms with Gasteiger partial charge in [0.2, 0.25) is 0 Å². The van der Waals surface area contributed by atoms with Crippen molar-refractivity contribution in [2.45, 2.75) is 37.8 Å². The van der Waals surface area contributed by atoms with Crippen LogP contribution in [0.3, 0.4) is 0 Å². The van der Waals surface area contributed by atoms with Crippen molar-refractivity contribution in [3.8, 4) is 5.75 Å². The van der Waals surface area contributed by atoms with Crippen LogP contribution in [0.25, 0.3) is 0 Å². The summed E-state index contributed by atoms with van der Waals surface area (Å²) in [4.78, 5) is 0. The molecule has 2 rings (SSSR count). The molecule has 3 N–H and O–H groups in total. The Morgan fingerprint density at radius 1 is 1.39 bits per heavy atom. The van der Waals surface area contributed by atoms with Crippen LogP contribution >= 0.6 is 0 Å². The van der Waals surface area contributed by atoms with Crippen LogP contribution in [0.2, 0.25) is 0 Å². The third-order valence-electron chi connectivity index (χ3n) is 3.82. The third-order valence-corrected chi connectivity index (χ3v) is 3.82. The standard InChI is InChI=1S/C14H20FNO2/c1-18-11-8-4-7-10(15)12(11)13(16)14(17)9-5-2-3-6-9/h4,7-9,13-14,17H,2-3,5-6,16H2,1H3/t13-,14+/m0/s1. The van der Waals surface area contributed by atoms with E-state index in [1.165, 1.54) is 13.2 Å². The Morgan fingerprint density at radius 3 is 2.67 bits per heavy atom. The lowest BCUT2D eigenvalue weighted by molar-refractivity contribution is 0.0823. The molecular formula is C14H20FNO2. The predicted octanol–water partition coefficient (Wildman–Crippen LogP) is 2.39. The molecule has 0 heterocycles. The summed E-state index contributed by atoms with van der Waals surface area (Å²) in [6, 6.07) is 3.86. The maximum Gasteiger partial charge on any atom is 0.131 e. The molecular weight excluding hydrogens is 233 g/mol. The molecule has 1 aliphatic carbocycles. The molecule has 0 saturated heterocycles. The first-order valence-electron chi connectivity index (χ1n) is 6.41. The molecule has 1 aromatic carbocycles. The molecule has 4 heteroatoms. The largest absolute Gasteiger partial charge is 0.496 e. The number of aliphatic hydroxyl groups excluding tert-OH is 1. The highest BCUT2D eigenvalue weighted by atomic mass is 19.1. The van der Waals surface area contributed by atoms with Gasteiger partial charge in [0, 0.05) is 5.56 Å². The number of hydrogen-bond acceptors (Lipinski definition) is 3. The van der Waals surface area contributed by atoms with Crippen LogP contribution in [0.5, 0.6) is 5.75 Å². The molecule has 2 atom stereocenters. The van der Waals surface area contributed by atoms with Crippen molar-refractivity contribution in [2.24, 2.45) is 11.7 Å². The van der Waals surface area contributed by atoms with Crippen molar-refractivity contribution in [1.82, 2.24) is 0 Å². The number of nitrogens with two attached hydrogens (primary N) is 1. The van der Waals surface area contributed by atoms with Gasteiger partial charge in [0.15, 0.2) is 0 Å². The fourth-order valence-electron chi connectivity index (χ4n) is 2.78. The van der Waals surface area contributed by atoms with E-state index in [9.17, 15) is 9.50 Å². The van der Waals surface area contributed by atoms with E-state index in [1.54, 1.807) is 12.1 Å². The van der Waals surface area contributed by atoms with E-state index in [-0.39, 0.29) is 11.5 Å². The molecule has 0 radical (unpaired) electrons. The van der Waals surface area contributed by atoms with Crippen LogP contribution in [-0.4, -0.2) is 18.3 Å². The van der Waals surface area contributed by atoms with Gasteiger partial charge in [0.25, 0.3) is 0 Å². The van der Waals surface area contributed by atoms with Crippen LogP contribution in [0.4, 0.5) is 4.39 Å². The van der Waals surface area contributed by atoms with Gasteiger partial charge in [-0.15, -0.1) is 0 Å². The van der Waals surface area contributed by atoms with Crippen LogP contribution in [-0.2, 0) is 0 Å². The van der Waals surface area contributed by atoms with E-state index in [2.05, 4.69) is 0 Å². The van der Waals surface area contributed by atoms with Gasteiger partial charge in [-0.3, -0.25) is 0 Å². The van der Waals surface area contributed by atoms with Gasteiger partial charge in [0.1, 0.15) is 11.6 Å². The molecule has 0 aliphatic heterocycles. The number of aliphatic hydroxyl groups is 1. The zero-order chi connectivity index (χ0) is 13.1. The van der Waals surface area contributed by atoms with Gasteiger partial charge >= 0.3 is 0 Å². The molecule has 18 heavy (non-hydrogen) atoms. The fraction of sp³-hybridized carbons (Fsp3) is 0.571. The molecule has 1 aliphatic rings. The van der Waals surface area contributed by atoms with Crippen molar-refractivity contribution in [1.29, 1.82) is 0 Å². The Hall–Kier alpha value is -1.13. The first-order chi connectivity index (χ1) is 8.65. The minimum atomic E-state index is -0.732. The number of rotatable bonds is 4. The highest BCUT2D eigenvalue weighted by molar-refractivity contribution is 5.37. The Labute approximate surface area is 107 Å². The highest BCUT2D eigenvalue weighted by Crippen LogP contribution is 2.36. The second-order valence-corrected chi connectivity index (χ2v) is 4.92. The monoisotopic (exact) mass is 253 g/mol. The lowest BCUT2D eigenvalue weighted by Gasteiger charge is -2.26. The minimum absolute atomic E-state index is 0.171. The van der Waals surface area contributed by atoms with Crippen molar-refractivity contribution in [3.05, 3.63) is 29.6 Å². The van der Waals surface area contributed by atoms with Crippen LogP contribution in [0.1, 0.15) is 37.3 Å². The second kappa shape index (κ2) is 5.67. The van der Waals surface area contributed by atoms with Gasteiger partial charge in [-0.25, -0.2) is 4.39 Å². The number of ether oxygens (including phenoxy) is 1. The van der Waals surface area contributed by atoms with E-state index in [4.69, 9.17) is 10.5 Å². The number of benzene rings is 1. The van der Waals surface area contributed by atoms with E-state index >= 15 is 0 Å². The van der Waals surface area contributed by atoms with Gasteiger partial charge in [-0.1, -0.05) is 18.9 Å². The average Bonchev–Trinajstić information content (AvgIpc) is 2.90. The maximum absolute atomic E-state index is 13.9. The third kappa shape index (κ3) is 2.49. The lowest BCUT2D eigenvalue weighted by atomic mass is 9.90. The van der Waals surface area contributed by atoms with Crippen molar-refractivity contribution in [3.63, 3.8) is 0 Å². The number of hydrogen-bond donors (Lipinski definition) is 2. The summed E-state index contributed by atoms with van der Waals surface area (Å²) in [7, 11) is 1.48. The summed E-state index contributed by atoms with van der Waals surface area (Å²) in [6.07, 6.45) is 3.45. The zero-order valence-corrected chi connectivity index (χ0v) is 10.6. The molecule has 0 spiro atoms. The first-order valence-corrected chi connectivity index (χ1v) is 6.41. The van der Waals surface area contributed by atoms with Crippen molar-refractivity contribution < 1.29 is 14.2 Å². The van der Waals surface area contributed by atoms with Crippen LogP contribution in [0.15, 0.2) is 18.2 Å². The molecule has 0 aromatic heterocycles. The molecule has 0 bridgehead atoms. The molecule has 0 amide bonds. The summed E-state index contributed by atoms with van der Waals surface area (Å²) in [5.74, 6) is 0.155. The molecule has 0 unspecified atom stereocenters. The summed E-state index contributed by atoms with van der Waals surface area (Å²) in [5, 5.41) is 10.3. The van der Waals surface area contributed by atoms with E-state index in [0.717, 1.165) is 25.7 Å². The van der Waals surface area contributed by atoms with Gasteiger partial charge in [-0.05, 0) is 30.9 Å². The summed E-state index contributed by atoms with van der Waals surface area (Å²) in [5.41, 5.74) is 6.30. The summed E-state index contributed by atoms with van der Waals surface area (Å²) in [6.45, 7) is 0. The van der Waals surface area contributed by atoms with E-state index in [0.29, 0.717) is 5.75 Å². The topological polar surface area (TPSA) is 55.5 Å². The van der Waals surface area contributed by atoms with E-state index in [1.807, 2.05) is 0 Å². The van der Waals surface area contributed by atoms with Gasteiger partial charge < -0.3 is 15.6 Å². The maximum atomic E-state index is 13.9. The summed E-state index contributed by atoms with van der Waals surface area (Å²) >= 11 is 0. The SMILES string of the molecule is COc1cccc(F)c1[C@H](N)[C@H](O)C1CCCC1. The summed E-state index contributed by atoms with van der Waals surface area (Å²) < 4.78 is 19.0. The first kappa shape index (κ1) is 13.3. The normalized spacial score (nSPS) is 19.8. The lowest BCUT2D eigenvalue weighted by Crippen LogP contribution is -2.32. The minimum Gasteiger partial charge on any atom is -0.496 e.